The normalized spacial score (nSPS) is 10.1. The molecule has 7 nitrogen and oxygen atoms in total. The lowest BCUT2D eigenvalue weighted by atomic mass is 10.1. The summed E-state index contributed by atoms with van der Waals surface area (Å²) in [6, 6.07) is 6.42. The Morgan fingerprint density at radius 2 is 1.75 bits per heavy atom. The van der Waals surface area contributed by atoms with Crippen molar-refractivity contribution in [2.75, 3.05) is 20.2 Å². The van der Waals surface area contributed by atoms with Gasteiger partial charge in [0.1, 0.15) is 13.1 Å². The average molecular weight is 281 g/mol. The number of benzene rings is 1. The fourth-order valence-corrected chi connectivity index (χ4v) is 1.67. The van der Waals surface area contributed by atoms with Gasteiger partial charge in [0.05, 0.1) is 6.61 Å². The van der Waals surface area contributed by atoms with Gasteiger partial charge in [0.15, 0.2) is 0 Å². The molecule has 20 heavy (non-hydrogen) atoms. The standard InChI is InChI=1S/C13H15NO6/c1-20-8-9-3-2-4-10(5-9)13(19)14(6-11(15)16)7-12(17)18/h2-5H,6-8H2,1H3,(H,15,16)(H,17,18). The summed E-state index contributed by atoms with van der Waals surface area (Å²) in [6.07, 6.45) is 0. The van der Waals surface area contributed by atoms with Crippen LogP contribution in [0.15, 0.2) is 24.3 Å². The highest BCUT2D eigenvalue weighted by molar-refractivity contribution is 5.97. The molecule has 1 amide bonds. The zero-order valence-corrected chi connectivity index (χ0v) is 10.9. The number of carbonyl (C=O) groups excluding carboxylic acids is 1. The molecule has 0 radical (unpaired) electrons. The first kappa shape index (κ1) is 15.6. The van der Waals surface area contributed by atoms with Gasteiger partial charge in [0.2, 0.25) is 0 Å². The van der Waals surface area contributed by atoms with Crippen LogP contribution in [0, 0.1) is 0 Å². The number of carboxylic acid groups (broad SMARTS) is 2. The van der Waals surface area contributed by atoms with Crippen molar-refractivity contribution in [2.45, 2.75) is 6.61 Å². The van der Waals surface area contributed by atoms with E-state index in [1.807, 2.05) is 0 Å². The van der Waals surface area contributed by atoms with Crippen molar-refractivity contribution in [1.29, 1.82) is 0 Å². The highest BCUT2D eigenvalue weighted by atomic mass is 16.5. The van der Waals surface area contributed by atoms with Gasteiger partial charge in [-0.15, -0.1) is 0 Å². The van der Waals surface area contributed by atoms with E-state index in [0.717, 1.165) is 10.5 Å². The van der Waals surface area contributed by atoms with Gasteiger partial charge in [-0.25, -0.2) is 0 Å². The van der Waals surface area contributed by atoms with Crippen LogP contribution in [0.25, 0.3) is 0 Å². The molecular formula is C13H15NO6. The van der Waals surface area contributed by atoms with Crippen LogP contribution >= 0.6 is 0 Å². The summed E-state index contributed by atoms with van der Waals surface area (Å²) in [4.78, 5) is 34.3. The van der Waals surface area contributed by atoms with Crippen molar-refractivity contribution in [1.82, 2.24) is 4.90 Å². The predicted octanol–water partition coefficient (Wildman–Crippen LogP) is 0.444. The molecule has 0 spiro atoms. The number of ether oxygens (including phenoxy) is 1. The van der Waals surface area contributed by atoms with Gasteiger partial charge in [-0.05, 0) is 17.7 Å². The van der Waals surface area contributed by atoms with Crippen LogP contribution < -0.4 is 0 Å². The van der Waals surface area contributed by atoms with E-state index in [1.165, 1.54) is 13.2 Å². The lowest BCUT2D eigenvalue weighted by Crippen LogP contribution is -2.39. The highest BCUT2D eigenvalue weighted by Crippen LogP contribution is 2.09. The Morgan fingerprint density at radius 3 is 2.25 bits per heavy atom. The number of amides is 1. The molecule has 1 aromatic carbocycles. The van der Waals surface area contributed by atoms with E-state index in [2.05, 4.69) is 0 Å². The Morgan fingerprint density at radius 1 is 1.15 bits per heavy atom. The molecule has 0 bridgehead atoms. The summed E-state index contributed by atoms with van der Waals surface area (Å²) < 4.78 is 4.94. The summed E-state index contributed by atoms with van der Waals surface area (Å²) >= 11 is 0. The van der Waals surface area contributed by atoms with E-state index >= 15 is 0 Å². The summed E-state index contributed by atoms with van der Waals surface area (Å²) in [5, 5.41) is 17.4. The summed E-state index contributed by atoms with van der Waals surface area (Å²) in [6.45, 7) is -1.03. The molecule has 0 unspecified atom stereocenters. The number of hydrogen-bond acceptors (Lipinski definition) is 4. The van der Waals surface area contributed by atoms with Gasteiger partial charge in [0, 0.05) is 12.7 Å². The van der Waals surface area contributed by atoms with Crippen LogP contribution in [0.3, 0.4) is 0 Å². The second-order valence-electron chi connectivity index (χ2n) is 4.08. The number of nitrogens with zero attached hydrogens (tertiary/aromatic N) is 1. The maximum atomic E-state index is 12.1. The van der Waals surface area contributed by atoms with E-state index in [-0.39, 0.29) is 5.56 Å². The molecule has 2 N–H and O–H groups in total. The number of rotatable bonds is 7. The number of methoxy groups -OCH3 is 1. The number of aliphatic carboxylic acids is 2. The minimum atomic E-state index is -1.27. The zero-order valence-electron chi connectivity index (χ0n) is 10.9. The van der Waals surface area contributed by atoms with Gasteiger partial charge < -0.3 is 19.8 Å². The fourth-order valence-electron chi connectivity index (χ4n) is 1.67. The van der Waals surface area contributed by atoms with Crippen molar-refractivity contribution in [3.8, 4) is 0 Å². The molecule has 0 aliphatic carbocycles. The molecule has 1 rings (SSSR count). The Hall–Kier alpha value is -2.41. The maximum Gasteiger partial charge on any atom is 0.323 e. The molecule has 0 heterocycles. The molecule has 108 valence electrons. The Labute approximate surface area is 115 Å². The van der Waals surface area contributed by atoms with Gasteiger partial charge in [0.25, 0.3) is 5.91 Å². The second kappa shape index (κ2) is 7.25. The highest BCUT2D eigenvalue weighted by Gasteiger charge is 2.21. The van der Waals surface area contributed by atoms with Crippen LogP contribution in [0.4, 0.5) is 0 Å². The quantitative estimate of drug-likeness (QED) is 0.751. The summed E-state index contributed by atoms with van der Waals surface area (Å²) in [7, 11) is 1.51. The molecule has 0 aliphatic heterocycles. The number of hydrogen-bond donors (Lipinski definition) is 2. The third-order valence-corrected chi connectivity index (χ3v) is 2.42. The maximum absolute atomic E-state index is 12.1. The molecule has 0 saturated carbocycles. The van der Waals surface area contributed by atoms with Crippen molar-refractivity contribution in [3.63, 3.8) is 0 Å². The van der Waals surface area contributed by atoms with Gasteiger partial charge in [-0.2, -0.15) is 0 Å². The lowest BCUT2D eigenvalue weighted by molar-refractivity contribution is -0.140. The lowest BCUT2D eigenvalue weighted by Gasteiger charge is -2.18. The molecule has 1 aromatic rings. The van der Waals surface area contributed by atoms with Crippen LogP contribution in [-0.2, 0) is 20.9 Å². The van der Waals surface area contributed by atoms with Gasteiger partial charge in [-0.1, -0.05) is 12.1 Å². The van der Waals surface area contributed by atoms with E-state index in [0.29, 0.717) is 6.61 Å². The van der Waals surface area contributed by atoms with E-state index in [1.54, 1.807) is 18.2 Å². The van der Waals surface area contributed by atoms with Gasteiger partial charge >= 0.3 is 11.9 Å². The van der Waals surface area contributed by atoms with Crippen LogP contribution in [0.1, 0.15) is 15.9 Å². The number of carbonyl (C=O) groups is 3. The fraction of sp³-hybridized carbons (Fsp3) is 0.308. The predicted molar refractivity (Wildman–Crippen MR) is 68.3 cm³/mol. The molecule has 0 atom stereocenters. The van der Waals surface area contributed by atoms with Crippen LogP contribution in [-0.4, -0.2) is 53.2 Å². The molecule has 7 heteroatoms. The molecular weight excluding hydrogens is 266 g/mol. The zero-order chi connectivity index (χ0) is 15.1. The smallest absolute Gasteiger partial charge is 0.323 e. The molecule has 0 fully saturated rings. The molecule has 0 aliphatic rings. The topological polar surface area (TPSA) is 104 Å². The number of carboxylic acids is 2. The van der Waals surface area contributed by atoms with E-state index < -0.39 is 30.9 Å². The second-order valence-corrected chi connectivity index (χ2v) is 4.08. The molecule has 0 aromatic heterocycles. The Bertz CT molecular complexity index is 497. The SMILES string of the molecule is COCc1cccc(C(=O)N(CC(=O)O)CC(=O)O)c1. The van der Waals surface area contributed by atoms with Crippen LogP contribution in [0.2, 0.25) is 0 Å². The third-order valence-electron chi connectivity index (χ3n) is 2.42. The summed E-state index contributed by atoms with van der Waals surface area (Å²) in [5.74, 6) is -3.19. The minimum Gasteiger partial charge on any atom is -0.480 e. The first-order valence-corrected chi connectivity index (χ1v) is 5.74. The summed E-state index contributed by atoms with van der Waals surface area (Å²) in [5.41, 5.74) is 0.964. The van der Waals surface area contributed by atoms with Crippen molar-refractivity contribution in [3.05, 3.63) is 35.4 Å². The molecule has 0 saturated heterocycles. The van der Waals surface area contributed by atoms with E-state index in [4.69, 9.17) is 14.9 Å². The van der Waals surface area contributed by atoms with Crippen LogP contribution in [0.5, 0.6) is 0 Å². The monoisotopic (exact) mass is 281 g/mol. The van der Waals surface area contributed by atoms with Crippen molar-refractivity contribution >= 4 is 17.8 Å². The van der Waals surface area contributed by atoms with E-state index in [9.17, 15) is 14.4 Å². The minimum absolute atomic E-state index is 0.224. The average Bonchev–Trinajstić information content (AvgIpc) is 2.37. The Kier molecular flexibility index (Phi) is 5.67. The van der Waals surface area contributed by atoms with Crippen molar-refractivity contribution < 1.29 is 29.3 Å². The third kappa shape index (κ3) is 4.69. The largest absolute Gasteiger partial charge is 0.480 e. The first-order chi connectivity index (χ1) is 9.43. The Balaban J connectivity index is 2.95. The van der Waals surface area contributed by atoms with Gasteiger partial charge in [-0.3, -0.25) is 14.4 Å². The first-order valence-electron chi connectivity index (χ1n) is 5.74. The van der Waals surface area contributed by atoms with Crippen molar-refractivity contribution in [2.24, 2.45) is 0 Å².